The lowest BCUT2D eigenvalue weighted by atomic mass is 10.1. The van der Waals surface area contributed by atoms with Crippen molar-refractivity contribution in [3.63, 3.8) is 0 Å². The van der Waals surface area contributed by atoms with Gasteiger partial charge in [-0.2, -0.15) is 8.78 Å². The van der Waals surface area contributed by atoms with E-state index in [0.717, 1.165) is 16.7 Å². The van der Waals surface area contributed by atoms with Crippen LogP contribution in [0, 0.1) is 20.8 Å². The smallest absolute Gasteiger partial charge is 0.387 e. The summed E-state index contributed by atoms with van der Waals surface area (Å²) < 4.78 is 34.7. The Hall–Kier alpha value is -2.63. The van der Waals surface area contributed by atoms with Gasteiger partial charge in [-0.15, -0.1) is 0 Å². The Bertz CT molecular complexity index is 709. The minimum Gasteiger partial charge on any atom is -0.483 e. The Labute approximate surface area is 139 Å². The molecule has 0 aliphatic rings. The van der Waals surface area contributed by atoms with E-state index in [9.17, 15) is 13.6 Å². The van der Waals surface area contributed by atoms with Crippen LogP contribution < -0.4 is 14.8 Å². The number of rotatable bonds is 6. The van der Waals surface area contributed by atoms with Crippen LogP contribution in [0.3, 0.4) is 0 Å². The largest absolute Gasteiger partial charge is 0.483 e. The molecule has 0 heterocycles. The van der Waals surface area contributed by atoms with Gasteiger partial charge in [0.05, 0.1) is 5.69 Å². The number of alkyl halides is 2. The molecule has 0 spiro atoms. The first-order valence-electron chi connectivity index (χ1n) is 7.41. The van der Waals surface area contributed by atoms with E-state index in [2.05, 4.69) is 10.1 Å². The number of carbonyl (C=O) groups excluding carboxylic acids is 1. The Balaban J connectivity index is 2.02. The average Bonchev–Trinajstić information content (AvgIpc) is 2.47. The second-order valence-electron chi connectivity index (χ2n) is 5.44. The van der Waals surface area contributed by atoms with E-state index in [-0.39, 0.29) is 18.0 Å². The number of hydrogen-bond acceptors (Lipinski definition) is 3. The molecule has 0 unspecified atom stereocenters. The Morgan fingerprint density at radius 1 is 1.12 bits per heavy atom. The SMILES string of the molecule is Cc1cc(C)c(OCC(=O)Nc2ccccc2OC(F)F)c(C)c1. The lowest BCUT2D eigenvalue weighted by Gasteiger charge is -2.14. The van der Waals surface area contributed by atoms with Gasteiger partial charge < -0.3 is 14.8 Å². The van der Waals surface area contributed by atoms with Crippen molar-refractivity contribution in [2.45, 2.75) is 27.4 Å². The maximum absolute atomic E-state index is 12.4. The molecule has 1 amide bonds. The molecule has 0 saturated carbocycles. The summed E-state index contributed by atoms with van der Waals surface area (Å²) in [6, 6.07) is 9.93. The molecule has 0 bridgehead atoms. The molecule has 1 N–H and O–H groups in total. The Morgan fingerprint density at radius 2 is 1.75 bits per heavy atom. The highest BCUT2D eigenvalue weighted by Gasteiger charge is 2.13. The van der Waals surface area contributed by atoms with Crippen molar-refractivity contribution in [3.8, 4) is 11.5 Å². The minimum atomic E-state index is -2.96. The second-order valence-corrected chi connectivity index (χ2v) is 5.44. The summed E-state index contributed by atoms with van der Waals surface area (Å²) in [6.45, 7) is 2.60. The molecule has 0 aliphatic heterocycles. The van der Waals surface area contributed by atoms with Gasteiger partial charge in [0.2, 0.25) is 0 Å². The summed E-state index contributed by atoms with van der Waals surface area (Å²) >= 11 is 0. The third-order valence-electron chi connectivity index (χ3n) is 3.33. The fourth-order valence-corrected chi connectivity index (χ4v) is 2.49. The van der Waals surface area contributed by atoms with Gasteiger partial charge in [-0.1, -0.05) is 29.8 Å². The van der Waals surface area contributed by atoms with Crippen molar-refractivity contribution >= 4 is 11.6 Å². The Morgan fingerprint density at radius 3 is 2.38 bits per heavy atom. The highest BCUT2D eigenvalue weighted by molar-refractivity contribution is 5.93. The van der Waals surface area contributed by atoms with E-state index >= 15 is 0 Å². The maximum Gasteiger partial charge on any atom is 0.387 e. The van der Waals surface area contributed by atoms with Gasteiger partial charge in [0.15, 0.2) is 6.61 Å². The number of para-hydroxylation sites is 2. The average molecular weight is 335 g/mol. The number of benzene rings is 2. The molecule has 0 radical (unpaired) electrons. The molecule has 0 saturated heterocycles. The van der Waals surface area contributed by atoms with Crippen LogP contribution >= 0.6 is 0 Å². The van der Waals surface area contributed by atoms with Gasteiger partial charge in [0.25, 0.3) is 5.91 Å². The molecule has 0 atom stereocenters. The van der Waals surface area contributed by atoms with Gasteiger partial charge >= 0.3 is 6.61 Å². The predicted octanol–water partition coefficient (Wildman–Crippen LogP) is 4.23. The molecule has 2 aromatic carbocycles. The lowest BCUT2D eigenvalue weighted by molar-refractivity contribution is -0.118. The van der Waals surface area contributed by atoms with Gasteiger partial charge in [0, 0.05) is 0 Å². The standard InChI is InChI=1S/C18H19F2NO3/c1-11-8-12(2)17(13(3)9-11)23-10-16(22)21-14-6-4-5-7-15(14)24-18(19)20/h4-9,18H,10H2,1-3H3,(H,21,22). The van der Waals surface area contributed by atoms with Crippen LogP contribution in [0.4, 0.5) is 14.5 Å². The van der Waals surface area contributed by atoms with Crippen LogP contribution in [0.2, 0.25) is 0 Å². The number of amides is 1. The number of anilines is 1. The van der Waals surface area contributed by atoms with E-state index in [4.69, 9.17) is 4.74 Å². The molecular weight excluding hydrogens is 316 g/mol. The highest BCUT2D eigenvalue weighted by Crippen LogP contribution is 2.26. The molecule has 24 heavy (non-hydrogen) atoms. The number of halogens is 2. The molecular formula is C18H19F2NO3. The van der Waals surface area contributed by atoms with Crippen molar-refractivity contribution in [2.24, 2.45) is 0 Å². The van der Waals surface area contributed by atoms with E-state index in [1.165, 1.54) is 12.1 Å². The molecule has 0 aliphatic carbocycles. The molecule has 2 rings (SSSR count). The number of hydrogen-bond donors (Lipinski definition) is 1. The zero-order chi connectivity index (χ0) is 17.7. The van der Waals surface area contributed by atoms with Gasteiger partial charge in [-0.25, -0.2) is 0 Å². The second kappa shape index (κ2) is 7.77. The van der Waals surface area contributed by atoms with E-state index in [1.54, 1.807) is 12.1 Å². The summed E-state index contributed by atoms with van der Waals surface area (Å²) in [5, 5.41) is 2.51. The van der Waals surface area contributed by atoms with Crippen molar-refractivity contribution in [3.05, 3.63) is 53.1 Å². The Kier molecular flexibility index (Phi) is 5.73. The van der Waals surface area contributed by atoms with Crippen LogP contribution in [0.5, 0.6) is 11.5 Å². The van der Waals surface area contributed by atoms with Crippen LogP contribution in [0.25, 0.3) is 0 Å². The van der Waals surface area contributed by atoms with E-state index in [0.29, 0.717) is 5.75 Å². The first-order valence-corrected chi connectivity index (χ1v) is 7.41. The summed E-state index contributed by atoms with van der Waals surface area (Å²) in [7, 11) is 0. The van der Waals surface area contributed by atoms with E-state index in [1.807, 2.05) is 32.9 Å². The first kappa shape index (κ1) is 17.7. The summed E-state index contributed by atoms with van der Waals surface area (Å²) in [5.74, 6) is 0.0936. The highest BCUT2D eigenvalue weighted by atomic mass is 19.3. The fraction of sp³-hybridized carbons (Fsp3) is 0.278. The van der Waals surface area contributed by atoms with Crippen molar-refractivity contribution in [1.82, 2.24) is 0 Å². The van der Waals surface area contributed by atoms with Gasteiger partial charge in [0.1, 0.15) is 11.5 Å². The molecule has 2 aromatic rings. The number of aryl methyl sites for hydroxylation is 3. The van der Waals surface area contributed by atoms with Crippen molar-refractivity contribution in [2.75, 3.05) is 11.9 Å². The quantitative estimate of drug-likeness (QED) is 0.859. The van der Waals surface area contributed by atoms with Crippen LogP contribution in [0.15, 0.2) is 36.4 Å². The third kappa shape index (κ3) is 4.68. The number of ether oxygens (including phenoxy) is 2. The number of nitrogens with one attached hydrogen (secondary N) is 1. The number of carbonyl (C=O) groups is 1. The molecule has 4 nitrogen and oxygen atoms in total. The zero-order valence-corrected chi connectivity index (χ0v) is 13.7. The van der Waals surface area contributed by atoms with Crippen molar-refractivity contribution in [1.29, 1.82) is 0 Å². The summed E-state index contributed by atoms with van der Waals surface area (Å²) in [4.78, 5) is 12.0. The molecule has 128 valence electrons. The molecule has 0 aromatic heterocycles. The van der Waals surface area contributed by atoms with Crippen LogP contribution in [0.1, 0.15) is 16.7 Å². The monoisotopic (exact) mass is 335 g/mol. The minimum absolute atomic E-state index is 0.0939. The maximum atomic E-state index is 12.4. The summed E-state index contributed by atoms with van der Waals surface area (Å²) in [6.07, 6.45) is 0. The summed E-state index contributed by atoms with van der Waals surface area (Å²) in [5.41, 5.74) is 3.15. The topological polar surface area (TPSA) is 47.6 Å². The fourth-order valence-electron chi connectivity index (χ4n) is 2.49. The van der Waals surface area contributed by atoms with Crippen LogP contribution in [-0.4, -0.2) is 19.1 Å². The first-order chi connectivity index (χ1) is 11.4. The predicted molar refractivity (Wildman–Crippen MR) is 87.9 cm³/mol. The van der Waals surface area contributed by atoms with Crippen molar-refractivity contribution < 1.29 is 23.0 Å². The normalized spacial score (nSPS) is 10.6. The lowest BCUT2D eigenvalue weighted by Crippen LogP contribution is -2.21. The van der Waals surface area contributed by atoms with Gasteiger partial charge in [-0.05, 0) is 44.0 Å². The molecule has 6 heteroatoms. The zero-order valence-electron chi connectivity index (χ0n) is 13.7. The van der Waals surface area contributed by atoms with Gasteiger partial charge in [-0.3, -0.25) is 4.79 Å². The van der Waals surface area contributed by atoms with E-state index < -0.39 is 12.5 Å². The third-order valence-corrected chi connectivity index (χ3v) is 3.33. The molecule has 0 fully saturated rings. The van der Waals surface area contributed by atoms with Crippen LogP contribution in [-0.2, 0) is 4.79 Å².